The summed E-state index contributed by atoms with van der Waals surface area (Å²) in [6.07, 6.45) is -7.59. The number of halogens is 7. The van der Waals surface area contributed by atoms with Crippen LogP contribution in [-0.2, 0) is 20.9 Å². The monoisotopic (exact) mass is 654 g/mol. The molecular weight excluding hydrogens is 630 g/mol. The Morgan fingerprint density at radius 1 is 1.05 bits per heavy atom. The number of rotatable bonds is 5. The third-order valence-electron chi connectivity index (χ3n) is 5.92. The summed E-state index contributed by atoms with van der Waals surface area (Å²) in [6, 6.07) is 8.86. The van der Waals surface area contributed by atoms with E-state index in [9.17, 15) is 41.0 Å². The molecule has 0 saturated carbocycles. The zero-order valence-corrected chi connectivity index (χ0v) is 23.4. The number of nitrogens with one attached hydrogen (secondary N) is 1. The molecule has 44 heavy (non-hydrogen) atoms. The molecule has 0 amide bonds. The van der Waals surface area contributed by atoms with Crippen molar-refractivity contribution in [3.8, 4) is 11.3 Å². The van der Waals surface area contributed by atoms with Crippen molar-refractivity contribution in [2.45, 2.75) is 57.2 Å². The fourth-order valence-electron chi connectivity index (χ4n) is 3.85. The first-order chi connectivity index (χ1) is 20.3. The number of aliphatic carboxylic acids is 2. The molecule has 0 aliphatic carbocycles. The number of carbonyl (C=O) groups is 3. The van der Waals surface area contributed by atoms with E-state index in [2.05, 4.69) is 15.3 Å². The molecule has 3 aromatic rings. The van der Waals surface area contributed by atoms with Crippen molar-refractivity contribution in [2.24, 2.45) is 0 Å². The molecule has 2 aromatic heterocycles. The van der Waals surface area contributed by atoms with Gasteiger partial charge in [-0.3, -0.25) is 14.2 Å². The number of aliphatic hydroxyl groups is 1. The smallest absolute Gasteiger partial charge is 0.475 e. The fourth-order valence-corrected chi connectivity index (χ4v) is 4.04. The molecule has 4 rings (SSSR count). The first-order valence-electron chi connectivity index (χ1n) is 12.5. The maximum absolute atomic E-state index is 13.0. The molecule has 1 saturated heterocycles. The van der Waals surface area contributed by atoms with Crippen molar-refractivity contribution in [1.82, 2.24) is 19.9 Å². The van der Waals surface area contributed by atoms with Crippen LogP contribution >= 0.6 is 11.6 Å². The maximum atomic E-state index is 13.0. The number of carboxylic acid groups (broad SMARTS) is 2. The molecule has 0 radical (unpaired) electrons. The van der Waals surface area contributed by atoms with Crippen molar-refractivity contribution in [3.63, 3.8) is 0 Å². The predicted molar refractivity (Wildman–Crippen MR) is 143 cm³/mol. The van der Waals surface area contributed by atoms with Crippen LogP contribution in [0.15, 0.2) is 41.5 Å². The Labute approximate surface area is 249 Å². The number of carboxylic acids is 2. The summed E-state index contributed by atoms with van der Waals surface area (Å²) in [6.45, 7) is 2.55. The molecule has 240 valence electrons. The Hall–Kier alpha value is -4.09. The van der Waals surface area contributed by atoms with Gasteiger partial charge in [0.05, 0.1) is 30.2 Å². The average molecular weight is 655 g/mol. The molecule has 0 spiro atoms. The van der Waals surface area contributed by atoms with Gasteiger partial charge in [-0.1, -0.05) is 23.7 Å². The normalized spacial score (nSPS) is 16.7. The third-order valence-corrected chi connectivity index (χ3v) is 6.16. The molecule has 1 aliphatic rings. The second-order valence-corrected chi connectivity index (χ2v) is 9.76. The van der Waals surface area contributed by atoms with Crippen molar-refractivity contribution < 1.29 is 56.0 Å². The summed E-state index contributed by atoms with van der Waals surface area (Å²) in [4.78, 5) is 52.3. The standard InChI is InChI=1S/C22H23ClN4O3.2C2HF3O2/c1-13-8-17(14-4-2-5-15(23)9-14)26-21-20(13)25-12-27(22(21)30)11-16(28)10-18-19(29)6-3-7-24-18;2*3-2(4,5)1(6)7/h2,4-5,8-9,12,18-19,24,29H,3,6-7,10-11H2,1H3;2*(H,6,7)/t18-,19+;;/m1../s1. The molecule has 11 nitrogen and oxygen atoms in total. The van der Waals surface area contributed by atoms with E-state index in [1.165, 1.54) is 10.9 Å². The van der Waals surface area contributed by atoms with Gasteiger partial charge >= 0.3 is 24.3 Å². The summed E-state index contributed by atoms with van der Waals surface area (Å²) < 4.78 is 64.8. The van der Waals surface area contributed by atoms with Gasteiger partial charge in [-0.25, -0.2) is 19.6 Å². The van der Waals surface area contributed by atoms with E-state index in [1.807, 2.05) is 25.1 Å². The number of hydrogen-bond acceptors (Lipinski definition) is 8. The molecule has 1 aromatic carbocycles. The van der Waals surface area contributed by atoms with Gasteiger partial charge in [0.1, 0.15) is 0 Å². The summed E-state index contributed by atoms with van der Waals surface area (Å²) >= 11 is 6.09. The topological polar surface area (TPSA) is 172 Å². The Kier molecular flexibility index (Phi) is 12.4. The minimum atomic E-state index is -5.08. The number of carbonyl (C=O) groups excluding carboxylic acids is 1. The van der Waals surface area contributed by atoms with Gasteiger partial charge in [0, 0.05) is 23.0 Å². The molecule has 18 heteroatoms. The molecule has 2 atom stereocenters. The van der Waals surface area contributed by atoms with Crippen LogP contribution in [0, 0.1) is 6.92 Å². The number of alkyl halides is 6. The first kappa shape index (κ1) is 36.1. The molecule has 3 heterocycles. The van der Waals surface area contributed by atoms with Gasteiger partial charge in [0.2, 0.25) is 0 Å². The number of aromatic nitrogens is 3. The highest BCUT2D eigenvalue weighted by Crippen LogP contribution is 2.24. The number of fused-ring (bicyclic) bond motifs is 1. The van der Waals surface area contributed by atoms with Gasteiger partial charge in [-0.2, -0.15) is 26.3 Å². The highest BCUT2D eigenvalue weighted by Gasteiger charge is 2.38. The van der Waals surface area contributed by atoms with Crippen molar-refractivity contribution in [2.75, 3.05) is 6.54 Å². The molecule has 0 bridgehead atoms. The second-order valence-electron chi connectivity index (χ2n) is 9.33. The van der Waals surface area contributed by atoms with E-state index in [0.29, 0.717) is 22.7 Å². The van der Waals surface area contributed by atoms with Crippen molar-refractivity contribution >= 4 is 40.4 Å². The number of aryl methyl sites for hydroxylation is 1. The predicted octanol–water partition coefficient (Wildman–Crippen LogP) is 3.76. The molecular formula is C26H25ClF6N4O7. The van der Waals surface area contributed by atoms with E-state index >= 15 is 0 Å². The maximum Gasteiger partial charge on any atom is 0.490 e. The van der Waals surface area contributed by atoms with Crippen molar-refractivity contribution in [3.05, 3.63) is 57.6 Å². The number of pyridine rings is 1. The quantitative estimate of drug-likeness (QED) is 0.297. The van der Waals surface area contributed by atoms with Crippen LogP contribution in [0.3, 0.4) is 0 Å². The summed E-state index contributed by atoms with van der Waals surface area (Å²) in [7, 11) is 0. The van der Waals surface area contributed by atoms with Crippen LogP contribution in [0.25, 0.3) is 22.3 Å². The first-order valence-corrected chi connectivity index (χ1v) is 12.8. The summed E-state index contributed by atoms with van der Waals surface area (Å²) in [5.41, 5.74) is 2.61. The largest absolute Gasteiger partial charge is 0.490 e. The lowest BCUT2D eigenvalue weighted by molar-refractivity contribution is -0.193. The number of aliphatic hydroxyl groups excluding tert-OH is 1. The lowest BCUT2D eigenvalue weighted by Gasteiger charge is -2.28. The number of ketones is 1. The SMILES string of the molecule is Cc1cc(-c2cccc(Cl)c2)nc2c(=O)n(CC(=O)C[C@H]3NCCC[C@@H]3O)cnc12.O=C(O)C(F)(F)F.O=C(O)C(F)(F)F. The van der Waals surface area contributed by atoms with Gasteiger partial charge in [0.25, 0.3) is 5.56 Å². The van der Waals surface area contributed by atoms with Gasteiger partial charge in [0.15, 0.2) is 11.3 Å². The number of Topliss-reactive ketones (excluding diaryl/α,β-unsaturated/α-hetero) is 1. The number of nitrogens with zero attached hydrogens (tertiary/aromatic N) is 3. The Balaban J connectivity index is 0.000000402. The Morgan fingerprint density at radius 2 is 1.64 bits per heavy atom. The molecule has 1 aliphatic heterocycles. The number of benzene rings is 1. The molecule has 4 N–H and O–H groups in total. The van der Waals surface area contributed by atoms with E-state index in [1.54, 1.807) is 12.1 Å². The fraction of sp³-hybridized carbons (Fsp3) is 0.385. The van der Waals surface area contributed by atoms with E-state index in [4.69, 9.17) is 31.4 Å². The van der Waals surface area contributed by atoms with E-state index in [-0.39, 0.29) is 35.9 Å². The van der Waals surface area contributed by atoms with E-state index in [0.717, 1.165) is 24.1 Å². The highest BCUT2D eigenvalue weighted by molar-refractivity contribution is 6.30. The van der Waals surface area contributed by atoms with E-state index < -0.39 is 30.4 Å². The third kappa shape index (κ3) is 10.6. The average Bonchev–Trinajstić information content (AvgIpc) is 2.91. The summed E-state index contributed by atoms with van der Waals surface area (Å²) in [5.74, 6) is -5.65. The number of hydrogen-bond donors (Lipinski definition) is 4. The minimum Gasteiger partial charge on any atom is -0.475 e. The van der Waals surface area contributed by atoms with Gasteiger partial charge in [-0.15, -0.1) is 0 Å². The van der Waals surface area contributed by atoms with Gasteiger partial charge in [-0.05, 0) is 50.1 Å². The second kappa shape index (κ2) is 15.1. The highest BCUT2D eigenvalue weighted by atomic mass is 35.5. The van der Waals surface area contributed by atoms with Crippen LogP contribution in [-0.4, -0.2) is 78.6 Å². The Bertz CT molecular complexity index is 1540. The van der Waals surface area contributed by atoms with Crippen LogP contribution in [0.2, 0.25) is 5.02 Å². The summed E-state index contributed by atoms with van der Waals surface area (Å²) in [5, 5.41) is 28.1. The zero-order chi connectivity index (χ0) is 33.4. The Morgan fingerprint density at radius 3 is 2.16 bits per heavy atom. The van der Waals surface area contributed by atoms with Gasteiger partial charge < -0.3 is 20.6 Å². The molecule has 0 unspecified atom stereocenters. The number of piperidine rings is 1. The van der Waals surface area contributed by atoms with Crippen LogP contribution in [0.4, 0.5) is 26.3 Å². The zero-order valence-electron chi connectivity index (χ0n) is 22.6. The molecule has 1 fully saturated rings. The van der Waals surface area contributed by atoms with Crippen molar-refractivity contribution in [1.29, 1.82) is 0 Å². The lowest BCUT2D eigenvalue weighted by Crippen LogP contribution is -2.46. The lowest BCUT2D eigenvalue weighted by atomic mass is 9.97. The van der Waals surface area contributed by atoms with Crippen LogP contribution in [0.1, 0.15) is 24.8 Å². The van der Waals surface area contributed by atoms with Crippen LogP contribution < -0.4 is 10.9 Å². The van der Waals surface area contributed by atoms with Crippen LogP contribution in [0.5, 0.6) is 0 Å². The minimum absolute atomic E-state index is 0.102.